The van der Waals surface area contributed by atoms with E-state index in [1.54, 1.807) is 38.4 Å². The fourth-order valence-electron chi connectivity index (χ4n) is 3.60. The molecule has 154 valence electrons. The number of primary amides is 1. The highest BCUT2D eigenvalue weighted by atomic mass is 16.2. The van der Waals surface area contributed by atoms with Gasteiger partial charge in [-0.3, -0.25) is 14.5 Å². The molecule has 1 aromatic rings. The Kier molecular flexibility index (Phi) is 8.29. The number of hydrogen-bond acceptors (Lipinski definition) is 4. The molecule has 2 rings (SSSR count). The maximum atomic E-state index is 12.4. The smallest absolute Gasteiger partial charge is 0.321 e. The lowest BCUT2D eigenvalue weighted by molar-refractivity contribution is -0.128. The number of carbonyl (C=O) groups excluding carboxylic acids is 3. The Bertz CT molecular complexity index is 667. The first-order chi connectivity index (χ1) is 13.4. The van der Waals surface area contributed by atoms with Gasteiger partial charge in [0.15, 0.2) is 0 Å². The zero-order chi connectivity index (χ0) is 20.5. The number of amides is 4. The number of urea groups is 1. The summed E-state index contributed by atoms with van der Waals surface area (Å²) in [5.74, 6) is 0.329. The minimum atomic E-state index is -0.706. The number of nitrogens with one attached hydrogen (secondary N) is 1. The molecular formula is C21H32N4O3. The second-order valence-electron chi connectivity index (χ2n) is 7.63. The first kappa shape index (κ1) is 21.7. The van der Waals surface area contributed by atoms with E-state index in [2.05, 4.69) is 5.32 Å². The average molecular weight is 389 g/mol. The Morgan fingerprint density at radius 2 is 1.71 bits per heavy atom. The monoisotopic (exact) mass is 388 g/mol. The SMILES string of the molecule is CN(C)C(=O)c1ccc(NCCN(C(N)=O)C(=O)CCC2CCCCC2)cc1. The Balaban J connectivity index is 1.79. The minimum Gasteiger partial charge on any atom is -0.383 e. The molecule has 0 aliphatic heterocycles. The number of nitrogens with two attached hydrogens (primary N) is 1. The highest BCUT2D eigenvalue weighted by Crippen LogP contribution is 2.27. The van der Waals surface area contributed by atoms with Crippen molar-refractivity contribution in [2.75, 3.05) is 32.5 Å². The fraction of sp³-hybridized carbons (Fsp3) is 0.571. The van der Waals surface area contributed by atoms with Gasteiger partial charge in [0.25, 0.3) is 5.91 Å². The quantitative estimate of drug-likeness (QED) is 0.715. The second kappa shape index (κ2) is 10.7. The molecule has 0 unspecified atom stereocenters. The molecule has 1 fully saturated rings. The van der Waals surface area contributed by atoms with Gasteiger partial charge in [-0.2, -0.15) is 0 Å². The first-order valence-corrected chi connectivity index (χ1v) is 10.0. The van der Waals surface area contributed by atoms with E-state index in [1.807, 2.05) is 0 Å². The van der Waals surface area contributed by atoms with Crippen LogP contribution in [-0.2, 0) is 4.79 Å². The van der Waals surface area contributed by atoms with Gasteiger partial charge >= 0.3 is 6.03 Å². The van der Waals surface area contributed by atoms with E-state index in [9.17, 15) is 14.4 Å². The van der Waals surface area contributed by atoms with Crippen LogP contribution in [0.25, 0.3) is 0 Å². The third-order valence-electron chi connectivity index (χ3n) is 5.26. The normalized spacial score (nSPS) is 14.4. The number of carbonyl (C=O) groups is 3. The molecule has 1 saturated carbocycles. The van der Waals surface area contributed by atoms with E-state index in [1.165, 1.54) is 37.0 Å². The van der Waals surface area contributed by atoms with Crippen molar-refractivity contribution in [2.45, 2.75) is 44.9 Å². The molecular weight excluding hydrogens is 356 g/mol. The van der Waals surface area contributed by atoms with Crippen molar-refractivity contribution in [1.82, 2.24) is 9.80 Å². The summed E-state index contributed by atoms with van der Waals surface area (Å²) in [6, 6.07) is 6.38. The Hall–Kier alpha value is -2.57. The third-order valence-corrected chi connectivity index (χ3v) is 5.26. The maximum absolute atomic E-state index is 12.4. The summed E-state index contributed by atoms with van der Waals surface area (Å²) < 4.78 is 0. The Morgan fingerprint density at radius 3 is 2.29 bits per heavy atom. The number of anilines is 1. The van der Waals surface area contributed by atoms with E-state index in [-0.39, 0.29) is 18.4 Å². The lowest BCUT2D eigenvalue weighted by Crippen LogP contribution is -2.43. The molecule has 0 radical (unpaired) electrons. The molecule has 7 nitrogen and oxygen atoms in total. The summed E-state index contributed by atoms with van der Waals surface area (Å²) in [7, 11) is 3.41. The van der Waals surface area contributed by atoms with Crippen LogP contribution in [0.1, 0.15) is 55.3 Å². The maximum Gasteiger partial charge on any atom is 0.321 e. The predicted molar refractivity (Wildman–Crippen MR) is 110 cm³/mol. The van der Waals surface area contributed by atoms with Crippen LogP contribution in [0.2, 0.25) is 0 Å². The van der Waals surface area contributed by atoms with Gasteiger partial charge < -0.3 is 16.0 Å². The van der Waals surface area contributed by atoms with Crippen LogP contribution < -0.4 is 11.1 Å². The largest absolute Gasteiger partial charge is 0.383 e. The van der Waals surface area contributed by atoms with Crippen LogP contribution >= 0.6 is 0 Å². The molecule has 0 aromatic heterocycles. The van der Waals surface area contributed by atoms with E-state index in [0.717, 1.165) is 17.0 Å². The number of benzene rings is 1. The van der Waals surface area contributed by atoms with Crippen molar-refractivity contribution in [3.8, 4) is 0 Å². The lowest BCUT2D eigenvalue weighted by atomic mass is 9.86. The molecule has 0 atom stereocenters. The highest BCUT2D eigenvalue weighted by molar-refractivity contribution is 5.94. The molecule has 0 saturated heterocycles. The second-order valence-corrected chi connectivity index (χ2v) is 7.63. The Morgan fingerprint density at radius 1 is 1.07 bits per heavy atom. The Labute approximate surface area is 167 Å². The molecule has 1 aliphatic carbocycles. The van der Waals surface area contributed by atoms with Gasteiger partial charge in [-0.15, -0.1) is 0 Å². The van der Waals surface area contributed by atoms with Gasteiger partial charge in [0.1, 0.15) is 0 Å². The van der Waals surface area contributed by atoms with E-state index < -0.39 is 6.03 Å². The molecule has 7 heteroatoms. The molecule has 28 heavy (non-hydrogen) atoms. The number of hydrogen-bond donors (Lipinski definition) is 2. The lowest BCUT2D eigenvalue weighted by Gasteiger charge is -2.23. The third kappa shape index (κ3) is 6.55. The summed E-state index contributed by atoms with van der Waals surface area (Å²) in [5, 5.41) is 3.16. The van der Waals surface area contributed by atoms with Gasteiger partial charge in [-0.25, -0.2) is 4.79 Å². The van der Waals surface area contributed by atoms with Gasteiger partial charge in [0.2, 0.25) is 5.91 Å². The minimum absolute atomic E-state index is 0.0602. The zero-order valence-corrected chi connectivity index (χ0v) is 16.9. The molecule has 0 heterocycles. The van der Waals surface area contributed by atoms with Crippen molar-refractivity contribution in [1.29, 1.82) is 0 Å². The summed E-state index contributed by atoms with van der Waals surface area (Å²) in [4.78, 5) is 38.6. The summed E-state index contributed by atoms with van der Waals surface area (Å²) in [6.07, 6.45) is 7.32. The molecule has 3 N–H and O–H groups in total. The van der Waals surface area contributed by atoms with E-state index in [4.69, 9.17) is 5.73 Å². The summed E-state index contributed by atoms with van der Waals surface area (Å²) >= 11 is 0. The first-order valence-electron chi connectivity index (χ1n) is 10.0. The standard InChI is InChI=1S/C21H32N4O3/c1-24(2)20(27)17-9-11-18(12-10-17)23-14-15-25(21(22)28)19(26)13-8-16-6-4-3-5-7-16/h9-12,16,23H,3-8,13-15H2,1-2H3,(H2,22,28). The van der Waals surface area contributed by atoms with Crippen molar-refractivity contribution < 1.29 is 14.4 Å². The van der Waals surface area contributed by atoms with Crippen LogP contribution in [0.4, 0.5) is 10.5 Å². The number of rotatable bonds is 8. The van der Waals surface area contributed by atoms with Gasteiger partial charge in [-0.05, 0) is 36.6 Å². The zero-order valence-electron chi connectivity index (χ0n) is 16.9. The fourth-order valence-corrected chi connectivity index (χ4v) is 3.60. The van der Waals surface area contributed by atoms with E-state index in [0.29, 0.717) is 24.4 Å². The highest BCUT2D eigenvalue weighted by Gasteiger charge is 2.21. The number of nitrogens with zero attached hydrogens (tertiary/aromatic N) is 2. The van der Waals surface area contributed by atoms with Gasteiger partial charge in [0, 0.05) is 44.9 Å². The van der Waals surface area contributed by atoms with Crippen LogP contribution in [0.3, 0.4) is 0 Å². The van der Waals surface area contributed by atoms with Crippen LogP contribution in [0, 0.1) is 5.92 Å². The van der Waals surface area contributed by atoms with Crippen molar-refractivity contribution in [3.63, 3.8) is 0 Å². The molecule has 4 amide bonds. The molecule has 0 spiro atoms. The van der Waals surface area contributed by atoms with Crippen molar-refractivity contribution in [3.05, 3.63) is 29.8 Å². The van der Waals surface area contributed by atoms with Crippen LogP contribution in [0.5, 0.6) is 0 Å². The topological polar surface area (TPSA) is 95.7 Å². The van der Waals surface area contributed by atoms with E-state index >= 15 is 0 Å². The van der Waals surface area contributed by atoms with Crippen LogP contribution in [-0.4, -0.2) is 54.8 Å². The van der Waals surface area contributed by atoms with Crippen molar-refractivity contribution >= 4 is 23.5 Å². The summed E-state index contributed by atoms with van der Waals surface area (Å²) in [5.41, 5.74) is 6.82. The predicted octanol–water partition coefficient (Wildman–Crippen LogP) is 3.07. The number of imide groups is 1. The van der Waals surface area contributed by atoms with Crippen molar-refractivity contribution in [2.24, 2.45) is 11.7 Å². The van der Waals surface area contributed by atoms with Gasteiger partial charge in [0.05, 0.1) is 0 Å². The molecule has 0 bridgehead atoms. The molecule has 1 aromatic carbocycles. The molecule has 1 aliphatic rings. The average Bonchev–Trinajstić information content (AvgIpc) is 2.69. The van der Waals surface area contributed by atoms with Crippen LogP contribution in [0.15, 0.2) is 24.3 Å². The summed E-state index contributed by atoms with van der Waals surface area (Å²) in [6.45, 7) is 0.621. The van der Waals surface area contributed by atoms with Gasteiger partial charge in [-0.1, -0.05) is 32.1 Å².